The number of piperidine rings is 1. The Hall–Kier alpha value is -1.67. The molecule has 162 valence electrons. The predicted octanol–water partition coefficient (Wildman–Crippen LogP) is 1.44. The summed E-state index contributed by atoms with van der Waals surface area (Å²) in [5, 5.41) is 13.8. The van der Waals surface area contributed by atoms with E-state index in [9.17, 15) is 9.90 Å². The van der Waals surface area contributed by atoms with Crippen LogP contribution in [0.25, 0.3) is 0 Å². The van der Waals surface area contributed by atoms with E-state index in [0.717, 1.165) is 58.0 Å². The Balaban J connectivity index is 1.31. The summed E-state index contributed by atoms with van der Waals surface area (Å²) in [5.74, 6) is 0.623. The van der Waals surface area contributed by atoms with E-state index in [4.69, 9.17) is 14.2 Å². The molecule has 3 rings (SSSR count). The zero-order valence-corrected chi connectivity index (χ0v) is 17.6. The van der Waals surface area contributed by atoms with E-state index >= 15 is 0 Å². The number of carbonyl (C=O) groups is 1. The number of rotatable bonds is 10. The fourth-order valence-corrected chi connectivity index (χ4v) is 3.83. The van der Waals surface area contributed by atoms with Crippen LogP contribution in [0.15, 0.2) is 24.3 Å². The first-order valence-corrected chi connectivity index (χ1v) is 10.5. The lowest BCUT2D eigenvalue weighted by molar-refractivity contribution is -0.147. The van der Waals surface area contributed by atoms with Crippen molar-refractivity contribution in [1.29, 1.82) is 0 Å². The Labute approximate surface area is 173 Å². The lowest BCUT2D eigenvalue weighted by Gasteiger charge is -2.38. The Morgan fingerprint density at radius 1 is 1.31 bits per heavy atom. The van der Waals surface area contributed by atoms with Gasteiger partial charge in [0.15, 0.2) is 0 Å². The number of esters is 1. The van der Waals surface area contributed by atoms with E-state index < -0.39 is 6.10 Å². The number of benzene rings is 1. The highest BCUT2D eigenvalue weighted by molar-refractivity contribution is 5.72. The standard InChI is InChI=1S/C22H34N2O5/c1-22(15-28-16-22)14-23-11-17-3-5-20(6-4-17)29-13-19(25)12-24-9-7-18(8-10-24)21(26)27-2/h3-6,18-19,23,25H,7-16H2,1-2H3/t19-/m1/s1. The first-order valence-electron chi connectivity index (χ1n) is 10.5. The molecule has 7 heteroatoms. The smallest absolute Gasteiger partial charge is 0.308 e. The van der Waals surface area contributed by atoms with Crippen LogP contribution in [0.3, 0.4) is 0 Å². The van der Waals surface area contributed by atoms with Crippen LogP contribution in [-0.2, 0) is 20.8 Å². The SMILES string of the molecule is COC(=O)C1CCN(C[C@@H](O)COc2ccc(CNCC3(C)COC3)cc2)CC1. The molecule has 2 N–H and O–H groups in total. The fraction of sp³-hybridized carbons (Fsp3) is 0.682. The minimum Gasteiger partial charge on any atom is -0.491 e. The number of hydrogen-bond acceptors (Lipinski definition) is 7. The maximum atomic E-state index is 11.6. The second-order valence-corrected chi connectivity index (χ2v) is 8.61. The van der Waals surface area contributed by atoms with Crippen molar-refractivity contribution in [3.8, 4) is 5.75 Å². The van der Waals surface area contributed by atoms with Gasteiger partial charge in [0.05, 0.1) is 26.2 Å². The second kappa shape index (κ2) is 10.4. The van der Waals surface area contributed by atoms with Gasteiger partial charge in [-0.15, -0.1) is 0 Å². The van der Waals surface area contributed by atoms with Gasteiger partial charge in [-0.05, 0) is 43.6 Å². The molecular formula is C22H34N2O5. The van der Waals surface area contributed by atoms with Crippen molar-refractivity contribution >= 4 is 5.97 Å². The number of nitrogens with zero attached hydrogens (tertiary/aromatic N) is 1. The van der Waals surface area contributed by atoms with Crippen LogP contribution in [0.4, 0.5) is 0 Å². The summed E-state index contributed by atoms with van der Waals surface area (Å²) >= 11 is 0. The minimum absolute atomic E-state index is 0.0115. The maximum Gasteiger partial charge on any atom is 0.308 e. The molecule has 0 aromatic heterocycles. The normalized spacial score (nSPS) is 20.7. The van der Waals surface area contributed by atoms with Crippen LogP contribution in [0, 0.1) is 11.3 Å². The molecule has 2 aliphatic heterocycles. The van der Waals surface area contributed by atoms with Gasteiger partial charge in [0.1, 0.15) is 18.5 Å². The van der Waals surface area contributed by atoms with Gasteiger partial charge in [0.25, 0.3) is 0 Å². The van der Waals surface area contributed by atoms with Crippen molar-refractivity contribution in [1.82, 2.24) is 10.2 Å². The zero-order valence-electron chi connectivity index (χ0n) is 17.6. The number of methoxy groups -OCH3 is 1. The van der Waals surface area contributed by atoms with Crippen molar-refractivity contribution in [2.75, 3.05) is 53.1 Å². The molecule has 1 atom stereocenters. The zero-order chi connectivity index (χ0) is 20.7. The largest absolute Gasteiger partial charge is 0.491 e. The molecule has 0 aliphatic carbocycles. The van der Waals surface area contributed by atoms with E-state index in [2.05, 4.69) is 17.1 Å². The number of aliphatic hydroxyl groups is 1. The lowest BCUT2D eigenvalue weighted by Crippen LogP contribution is -2.47. The van der Waals surface area contributed by atoms with Gasteiger partial charge < -0.3 is 29.5 Å². The van der Waals surface area contributed by atoms with Crippen molar-refractivity contribution in [3.63, 3.8) is 0 Å². The maximum absolute atomic E-state index is 11.6. The molecule has 0 bridgehead atoms. The van der Waals surface area contributed by atoms with Gasteiger partial charge in [-0.2, -0.15) is 0 Å². The predicted molar refractivity (Wildman–Crippen MR) is 110 cm³/mol. The third-order valence-electron chi connectivity index (χ3n) is 5.74. The number of β-amino-alcohol motifs (C(OH)–C–C–N with tert-alkyl or cyclic N) is 1. The number of carbonyl (C=O) groups excluding carboxylic acids is 1. The highest BCUT2D eigenvalue weighted by Gasteiger charge is 2.32. The van der Waals surface area contributed by atoms with Gasteiger partial charge in [-0.3, -0.25) is 4.79 Å². The van der Waals surface area contributed by atoms with Crippen molar-refractivity contribution < 1.29 is 24.1 Å². The fourth-order valence-electron chi connectivity index (χ4n) is 3.83. The monoisotopic (exact) mass is 406 g/mol. The van der Waals surface area contributed by atoms with Gasteiger partial charge in [0.2, 0.25) is 0 Å². The highest BCUT2D eigenvalue weighted by atomic mass is 16.5. The Bertz CT molecular complexity index is 639. The molecule has 0 radical (unpaired) electrons. The third-order valence-corrected chi connectivity index (χ3v) is 5.74. The first kappa shape index (κ1) is 22.0. The Morgan fingerprint density at radius 3 is 2.59 bits per heavy atom. The van der Waals surface area contributed by atoms with Crippen molar-refractivity contribution in [2.45, 2.75) is 32.4 Å². The van der Waals surface area contributed by atoms with Gasteiger partial charge >= 0.3 is 5.97 Å². The summed E-state index contributed by atoms with van der Waals surface area (Å²) in [7, 11) is 1.43. The summed E-state index contributed by atoms with van der Waals surface area (Å²) in [6.45, 7) is 8.07. The third kappa shape index (κ3) is 6.67. The minimum atomic E-state index is -0.559. The number of likely N-dealkylation sites (tertiary alicyclic amines) is 1. The van der Waals surface area contributed by atoms with Crippen LogP contribution < -0.4 is 10.1 Å². The van der Waals surface area contributed by atoms with Crippen LogP contribution >= 0.6 is 0 Å². The molecule has 0 saturated carbocycles. The topological polar surface area (TPSA) is 80.3 Å². The summed E-state index contributed by atoms with van der Waals surface area (Å²) in [5.41, 5.74) is 1.48. The van der Waals surface area contributed by atoms with E-state index in [-0.39, 0.29) is 23.9 Å². The molecular weight excluding hydrogens is 372 g/mol. The second-order valence-electron chi connectivity index (χ2n) is 8.61. The van der Waals surface area contributed by atoms with Gasteiger partial charge in [-0.25, -0.2) is 0 Å². The lowest BCUT2D eigenvalue weighted by atomic mass is 9.89. The quantitative estimate of drug-likeness (QED) is 0.569. The van der Waals surface area contributed by atoms with E-state index in [0.29, 0.717) is 6.54 Å². The molecule has 2 fully saturated rings. The van der Waals surface area contributed by atoms with E-state index in [1.54, 1.807) is 0 Å². The average molecular weight is 407 g/mol. The molecule has 0 spiro atoms. The first-order chi connectivity index (χ1) is 14.0. The summed E-state index contributed by atoms with van der Waals surface area (Å²) in [6, 6.07) is 7.98. The van der Waals surface area contributed by atoms with Crippen molar-refractivity contribution in [2.24, 2.45) is 11.3 Å². The average Bonchev–Trinajstić information content (AvgIpc) is 2.72. The van der Waals surface area contributed by atoms with Gasteiger partial charge in [0, 0.05) is 25.0 Å². The Kier molecular flexibility index (Phi) is 7.89. The molecule has 2 aliphatic rings. The molecule has 1 aromatic carbocycles. The van der Waals surface area contributed by atoms with E-state index in [1.807, 2.05) is 24.3 Å². The van der Waals surface area contributed by atoms with Crippen LogP contribution in [0.5, 0.6) is 5.75 Å². The molecule has 2 heterocycles. The number of nitrogens with one attached hydrogen (secondary N) is 1. The van der Waals surface area contributed by atoms with Crippen LogP contribution in [0.2, 0.25) is 0 Å². The number of ether oxygens (including phenoxy) is 3. The molecule has 29 heavy (non-hydrogen) atoms. The molecule has 7 nitrogen and oxygen atoms in total. The molecule has 0 unspecified atom stereocenters. The molecule has 0 amide bonds. The van der Waals surface area contributed by atoms with Gasteiger partial charge in [-0.1, -0.05) is 19.1 Å². The summed E-state index contributed by atoms with van der Waals surface area (Å²) < 4.78 is 15.8. The number of aliphatic hydroxyl groups excluding tert-OH is 1. The summed E-state index contributed by atoms with van der Waals surface area (Å²) in [6.07, 6.45) is 1.00. The summed E-state index contributed by atoms with van der Waals surface area (Å²) in [4.78, 5) is 13.8. The van der Waals surface area contributed by atoms with Crippen LogP contribution in [-0.4, -0.2) is 75.2 Å². The molecule has 2 saturated heterocycles. The van der Waals surface area contributed by atoms with E-state index in [1.165, 1.54) is 12.7 Å². The Morgan fingerprint density at radius 2 is 2.00 bits per heavy atom. The van der Waals surface area contributed by atoms with Crippen molar-refractivity contribution in [3.05, 3.63) is 29.8 Å². The molecule has 1 aromatic rings. The number of hydrogen-bond donors (Lipinski definition) is 2. The highest BCUT2D eigenvalue weighted by Crippen LogP contribution is 2.25. The van der Waals surface area contributed by atoms with Crippen LogP contribution in [0.1, 0.15) is 25.3 Å².